The number of benzene rings is 1. The van der Waals surface area contributed by atoms with Crippen LogP contribution in [0, 0.1) is 0 Å². The first-order valence-electron chi connectivity index (χ1n) is 5.97. The summed E-state index contributed by atoms with van der Waals surface area (Å²) < 4.78 is 0. The quantitative estimate of drug-likeness (QED) is 0.791. The van der Waals surface area contributed by atoms with Crippen molar-refractivity contribution in [2.24, 2.45) is 0 Å². The number of carbonyl (C=O) groups excluding carboxylic acids is 1. The standard InChI is InChI=1S/C13H19N3O/c1-10-8-16(9-13(17)14-2)12-6-4-3-5-11(12)7-15-10/h3-6,10,15H,7-9H2,1-2H3,(H,14,17). The van der Waals surface area contributed by atoms with Gasteiger partial charge >= 0.3 is 0 Å². The lowest BCUT2D eigenvalue weighted by Crippen LogP contribution is -2.41. The zero-order chi connectivity index (χ0) is 12.3. The molecule has 1 aromatic rings. The van der Waals surface area contributed by atoms with Crippen molar-refractivity contribution in [1.29, 1.82) is 0 Å². The molecule has 1 heterocycles. The Hall–Kier alpha value is -1.55. The van der Waals surface area contributed by atoms with Crippen molar-refractivity contribution in [3.05, 3.63) is 29.8 Å². The highest BCUT2D eigenvalue weighted by Gasteiger charge is 2.19. The third-order valence-corrected chi connectivity index (χ3v) is 3.08. The molecular weight excluding hydrogens is 214 g/mol. The number of carbonyl (C=O) groups is 1. The summed E-state index contributed by atoms with van der Waals surface area (Å²) in [5, 5.41) is 6.13. The fraction of sp³-hybridized carbons (Fsp3) is 0.462. The minimum Gasteiger partial charge on any atom is -0.360 e. The van der Waals surface area contributed by atoms with Crippen LogP contribution >= 0.6 is 0 Å². The number of amides is 1. The normalized spacial score (nSPS) is 19.4. The molecule has 1 unspecified atom stereocenters. The topological polar surface area (TPSA) is 44.4 Å². The van der Waals surface area contributed by atoms with Crippen molar-refractivity contribution in [3.63, 3.8) is 0 Å². The summed E-state index contributed by atoms with van der Waals surface area (Å²) >= 11 is 0. The fourth-order valence-electron chi connectivity index (χ4n) is 2.15. The molecule has 4 nitrogen and oxygen atoms in total. The van der Waals surface area contributed by atoms with Gasteiger partial charge in [0.1, 0.15) is 0 Å². The van der Waals surface area contributed by atoms with Gasteiger partial charge in [0.2, 0.25) is 5.91 Å². The molecule has 1 amide bonds. The lowest BCUT2D eigenvalue weighted by Gasteiger charge is -2.25. The molecule has 0 radical (unpaired) electrons. The van der Waals surface area contributed by atoms with E-state index in [2.05, 4.69) is 34.6 Å². The predicted molar refractivity (Wildman–Crippen MR) is 69.0 cm³/mol. The first kappa shape index (κ1) is 11.9. The van der Waals surface area contributed by atoms with Crippen molar-refractivity contribution in [2.45, 2.75) is 19.5 Å². The number of rotatable bonds is 2. The van der Waals surface area contributed by atoms with E-state index < -0.39 is 0 Å². The summed E-state index contributed by atoms with van der Waals surface area (Å²) in [5.41, 5.74) is 2.41. The van der Waals surface area contributed by atoms with Crippen LogP contribution in [0.1, 0.15) is 12.5 Å². The van der Waals surface area contributed by atoms with Gasteiger partial charge in [-0.3, -0.25) is 4.79 Å². The average molecular weight is 233 g/mol. The molecule has 0 aromatic heterocycles. The van der Waals surface area contributed by atoms with Crippen LogP contribution in [0.25, 0.3) is 0 Å². The zero-order valence-electron chi connectivity index (χ0n) is 10.4. The second-order valence-electron chi connectivity index (χ2n) is 4.46. The Labute approximate surface area is 102 Å². The second-order valence-corrected chi connectivity index (χ2v) is 4.46. The summed E-state index contributed by atoms with van der Waals surface area (Å²) in [6.45, 7) is 4.27. The highest BCUT2D eigenvalue weighted by atomic mass is 16.1. The van der Waals surface area contributed by atoms with Crippen LogP contribution in [0.3, 0.4) is 0 Å². The van der Waals surface area contributed by atoms with Gasteiger partial charge in [-0.15, -0.1) is 0 Å². The van der Waals surface area contributed by atoms with Gasteiger partial charge in [-0.25, -0.2) is 0 Å². The van der Waals surface area contributed by atoms with E-state index in [1.54, 1.807) is 7.05 Å². The van der Waals surface area contributed by atoms with E-state index >= 15 is 0 Å². The Morgan fingerprint density at radius 2 is 2.29 bits per heavy atom. The minimum absolute atomic E-state index is 0.0499. The lowest BCUT2D eigenvalue weighted by atomic mass is 10.1. The third kappa shape index (κ3) is 2.77. The molecule has 0 saturated heterocycles. The van der Waals surface area contributed by atoms with Gasteiger partial charge in [0.15, 0.2) is 0 Å². The lowest BCUT2D eigenvalue weighted by molar-refractivity contribution is -0.119. The Kier molecular flexibility index (Phi) is 3.64. The molecule has 0 saturated carbocycles. The van der Waals surface area contributed by atoms with E-state index in [1.807, 2.05) is 12.1 Å². The molecule has 1 atom stereocenters. The van der Waals surface area contributed by atoms with Crippen LogP contribution in [-0.2, 0) is 11.3 Å². The van der Waals surface area contributed by atoms with Crippen LogP contribution in [0.5, 0.6) is 0 Å². The van der Waals surface area contributed by atoms with Crippen LogP contribution in [-0.4, -0.2) is 32.1 Å². The molecule has 2 N–H and O–H groups in total. The molecule has 17 heavy (non-hydrogen) atoms. The monoisotopic (exact) mass is 233 g/mol. The van der Waals surface area contributed by atoms with Gasteiger partial charge in [0.25, 0.3) is 0 Å². The molecule has 0 spiro atoms. The van der Waals surface area contributed by atoms with E-state index in [9.17, 15) is 4.79 Å². The van der Waals surface area contributed by atoms with Crippen molar-refractivity contribution in [1.82, 2.24) is 10.6 Å². The van der Waals surface area contributed by atoms with Crippen molar-refractivity contribution in [3.8, 4) is 0 Å². The largest absolute Gasteiger partial charge is 0.360 e. The first-order chi connectivity index (χ1) is 8.20. The van der Waals surface area contributed by atoms with Crippen LogP contribution < -0.4 is 15.5 Å². The molecular formula is C13H19N3O. The van der Waals surface area contributed by atoms with Gasteiger partial charge in [-0.2, -0.15) is 0 Å². The molecule has 0 bridgehead atoms. The summed E-state index contributed by atoms with van der Waals surface area (Å²) in [4.78, 5) is 13.7. The predicted octanol–water partition coefficient (Wildman–Crippen LogP) is 0.731. The maximum atomic E-state index is 11.5. The minimum atomic E-state index is 0.0499. The van der Waals surface area contributed by atoms with Crippen molar-refractivity contribution in [2.75, 3.05) is 25.0 Å². The Balaban J connectivity index is 2.25. The van der Waals surface area contributed by atoms with Crippen LogP contribution in [0.4, 0.5) is 5.69 Å². The number of nitrogens with one attached hydrogen (secondary N) is 2. The molecule has 0 fully saturated rings. The maximum Gasteiger partial charge on any atom is 0.239 e. The molecule has 2 rings (SSSR count). The van der Waals surface area contributed by atoms with Gasteiger partial charge in [-0.05, 0) is 18.6 Å². The molecule has 1 aliphatic rings. The van der Waals surface area contributed by atoms with Gasteiger partial charge < -0.3 is 15.5 Å². The van der Waals surface area contributed by atoms with Crippen LogP contribution in [0.2, 0.25) is 0 Å². The molecule has 0 aliphatic carbocycles. The molecule has 1 aliphatic heterocycles. The van der Waals surface area contributed by atoms with E-state index in [-0.39, 0.29) is 5.91 Å². The number of anilines is 1. The van der Waals surface area contributed by atoms with Gasteiger partial charge in [-0.1, -0.05) is 18.2 Å². The molecule has 1 aromatic carbocycles. The fourth-order valence-corrected chi connectivity index (χ4v) is 2.15. The van der Waals surface area contributed by atoms with E-state index in [0.717, 1.165) is 18.8 Å². The van der Waals surface area contributed by atoms with Gasteiger partial charge in [0.05, 0.1) is 6.54 Å². The second kappa shape index (κ2) is 5.19. The van der Waals surface area contributed by atoms with Crippen LogP contribution in [0.15, 0.2) is 24.3 Å². The summed E-state index contributed by atoms with van der Waals surface area (Å²) in [7, 11) is 1.67. The number of likely N-dealkylation sites (N-methyl/N-ethyl adjacent to an activating group) is 1. The number of fused-ring (bicyclic) bond motifs is 1. The van der Waals surface area contributed by atoms with E-state index in [4.69, 9.17) is 0 Å². The number of hydrogen-bond acceptors (Lipinski definition) is 3. The third-order valence-electron chi connectivity index (χ3n) is 3.08. The average Bonchev–Trinajstić information content (AvgIpc) is 2.50. The number of hydrogen-bond donors (Lipinski definition) is 2. The maximum absolute atomic E-state index is 11.5. The smallest absolute Gasteiger partial charge is 0.239 e. The number of nitrogens with zero attached hydrogens (tertiary/aromatic N) is 1. The SMILES string of the molecule is CNC(=O)CN1CC(C)NCc2ccccc21. The highest BCUT2D eigenvalue weighted by Crippen LogP contribution is 2.22. The summed E-state index contributed by atoms with van der Waals surface area (Å²) in [6, 6.07) is 8.63. The van der Waals surface area contributed by atoms with Crippen molar-refractivity contribution >= 4 is 11.6 Å². The Morgan fingerprint density at radius 3 is 3.06 bits per heavy atom. The highest BCUT2D eigenvalue weighted by molar-refractivity contribution is 5.81. The first-order valence-corrected chi connectivity index (χ1v) is 5.97. The molecule has 92 valence electrons. The Bertz CT molecular complexity index is 405. The molecule has 4 heteroatoms. The van der Waals surface area contributed by atoms with E-state index in [0.29, 0.717) is 12.6 Å². The van der Waals surface area contributed by atoms with Crippen molar-refractivity contribution < 1.29 is 4.79 Å². The van der Waals surface area contributed by atoms with E-state index in [1.165, 1.54) is 5.56 Å². The number of para-hydroxylation sites is 1. The Morgan fingerprint density at radius 1 is 1.53 bits per heavy atom. The van der Waals surface area contributed by atoms with Gasteiger partial charge in [0, 0.05) is 31.9 Å². The summed E-state index contributed by atoms with van der Waals surface area (Å²) in [6.07, 6.45) is 0. The summed E-state index contributed by atoms with van der Waals surface area (Å²) in [5.74, 6) is 0.0499. The zero-order valence-corrected chi connectivity index (χ0v) is 10.4.